The van der Waals surface area contributed by atoms with Gasteiger partial charge in [-0.3, -0.25) is 9.59 Å². The Morgan fingerprint density at radius 2 is 1.83 bits per heavy atom. The number of H-pyrrole nitrogens is 2. The van der Waals surface area contributed by atoms with Crippen molar-refractivity contribution in [1.29, 1.82) is 0 Å². The van der Waals surface area contributed by atoms with Gasteiger partial charge in [0.05, 0.1) is 0 Å². The number of hydrogen-bond donors (Lipinski definition) is 5. The van der Waals surface area contributed by atoms with Crippen LogP contribution in [0.5, 0.6) is 0 Å². The highest BCUT2D eigenvalue weighted by atomic mass is 32.9. The molecule has 4 nitrogen and oxygen atoms in total. The van der Waals surface area contributed by atoms with E-state index in [0.29, 0.717) is 4.64 Å². The van der Waals surface area contributed by atoms with Gasteiger partial charge in [-0.2, -0.15) is 0 Å². The molecule has 0 aliphatic heterocycles. The van der Waals surface area contributed by atoms with Gasteiger partial charge in [0.25, 0.3) is 0 Å². The highest BCUT2D eigenvalue weighted by Crippen LogP contribution is 2.39. The summed E-state index contributed by atoms with van der Waals surface area (Å²) in [5.41, 5.74) is -3.11. The number of nitrogens with one attached hydrogen (secondary N) is 2. The molecule has 1 heterocycles. The highest BCUT2D eigenvalue weighted by Gasteiger charge is 1.90. The molecule has 1 aromatic heterocycles. The number of aromatic nitrogens is 2. The Morgan fingerprint density at radius 3 is 1.92 bits per heavy atom. The standard InChI is InChI=1S/C2H2N2S3.H3O2PS2/c5-1-2(6)7-4-3-1;1-3(2,4)5/h4H,(H,3,5);(H3,1,2,4,5). The van der Waals surface area contributed by atoms with Gasteiger partial charge >= 0.3 is 0 Å². The summed E-state index contributed by atoms with van der Waals surface area (Å²) in [5, 5.41) is 2.67. The van der Waals surface area contributed by atoms with Gasteiger partial charge in [-0.1, -0.05) is 36.7 Å². The predicted octanol–water partition coefficient (Wildman–Crippen LogP) is 1.99. The number of hydrogen-bond acceptors (Lipinski definition) is 4. The zero-order chi connectivity index (χ0) is 9.78. The molecule has 0 radical (unpaired) electrons. The lowest BCUT2D eigenvalue weighted by Crippen LogP contribution is -1.57. The lowest BCUT2D eigenvalue weighted by Gasteiger charge is -1.88. The maximum atomic E-state index is 7.87. The van der Waals surface area contributed by atoms with E-state index in [-0.39, 0.29) is 0 Å². The summed E-state index contributed by atoms with van der Waals surface area (Å²) in [6.07, 6.45) is 0. The van der Waals surface area contributed by atoms with E-state index in [1.54, 1.807) is 0 Å². The van der Waals surface area contributed by atoms with Crippen LogP contribution in [0.1, 0.15) is 0 Å². The Hall–Kier alpha value is 0.920. The fourth-order valence-electron chi connectivity index (χ4n) is 0.216. The Labute approximate surface area is 93.1 Å². The maximum Gasteiger partial charge on any atom is 0.239 e. The molecular formula is C2H5N2O2PS5. The molecule has 70 valence electrons. The fraction of sp³-hybridized carbons (Fsp3) is 0. The van der Waals surface area contributed by atoms with Crippen LogP contribution < -0.4 is 0 Å². The monoisotopic (exact) mass is 280 g/mol. The molecule has 0 bridgehead atoms. The summed E-state index contributed by atoms with van der Waals surface area (Å²) in [7, 11) is 0. The van der Waals surface area contributed by atoms with E-state index in [0.717, 1.165) is 3.82 Å². The van der Waals surface area contributed by atoms with E-state index in [1.165, 1.54) is 11.5 Å². The van der Waals surface area contributed by atoms with Crippen LogP contribution in [-0.4, -0.2) is 19.4 Å². The molecule has 0 atom stereocenters. The van der Waals surface area contributed by atoms with Crippen molar-refractivity contribution in [2.24, 2.45) is 0 Å². The topological polar surface area (TPSA) is 72.0 Å². The second-order valence-electron chi connectivity index (χ2n) is 1.46. The second-order valence-corrected chi connectivity index (χ2v) is 8.39. The van der Waals surface area contributed by atoms with E-state index in [4.69, 9.17) is 34.2 Å². The van der Waals surface area contributed by atoms with Crippen molar-refractivity contribution in [2.75, 3.05) is 0 Å². The summed E-state index contributed by atoms with van der Waals surface area (Å²) >= 11 is 17.9. The quantitative estimate of drug-likeness (QED) is 0.286. The zero-order valence-electron chi connectivity index (χ0n) is 5.42. The average molecular weight is 280 g/mol. The molecule has 0 aromatic carbocycles. The lowest BCUT2D eigenvalue weighted by atomic mass is 11.0. The van der Waals surface area contributed by atoms with Gasteiger partial charge in [0, 0.05) is 0 Å². The Kier molecular flexibility index (Phi) is 6.04. The maximum absolute atomic E-state index is 7.87. The highest BCUT2D eigenvalue weighted by molar-refractivity contribution is 8.59. The van der Waals surface area contributed by atoms with Gasteiger partial charge in [-0.15, -0.1) is 0 Å². The number of aromatic amines is 2. The van der Waals surface area contributed by atoms with Gasteiger partial charge in [0.1, 0.15) is 8.46 Å². The number of rotatable bonds is 0. The summed E-state index contributed by atoms with van der Waals surface area (Å²) in [5.74, 6) is 0. The first-order valence-corrected chi connectivity index (χ1v) is 7.84. The van der Waals surface area contributed by atoms with Crippen molar-refractivity contribution in [1.82, 2.24) is 9.59 Å². The Morgan fingerprint density at radius 1 is 1.42 bits per heavy atom. The van der Waals surface area contributed by atoms with Crippen LogP contribution >= 0.6 is 53.9 Å². The predicted molar refractivity (Wildman–Crippen MR) is 62.4 cm³/mol. The lowest BCUT2D eigenvalue weighted by molar-refractivity contribution is 0.503. The van der Waals surface area contributed by atoms with E-state index in [1.807, 2.05) is 0 Å². The molecular weight excluding hydrogens is 275 g/mol. The molecule has 0 saturated heterocycles. The Balaban J connectivity index is 0.000000217. The van der Waals surface area contributed by atoms with Crippen molar-refractivity contribution >= 4 is 65.7 Å². The minimum atomic E-state index is -3.11. The van der Waals surface area contributed by atoms with Crippen molar-refractivity contribution in [2.45, 2.75) is 0 Å². The minimum Gasteiger partial charge on any atom is -0.338 e. The molecule has 1 rings (SSSR count). The SMILES string of the molecule is OP(O)(=S)S.S=c1[nH][nH]sc1=S. The second kappa shape index (κ2) is 5.61. The third kappa shape index (κ3) is 9.01. The van der Waals surface area contributed by atoms with E-state index < -0.39 is 5.69 Å². The smallest absolute Gasteiger partial charge is 0.239 e. The third-order valence-corrected chi connectivity index (χ3v) is 2.11. The number of thiol groups is 1. The van der Waals surface area contributed by atoms with E-state index in [9.17, 15) is 0 Å². The third-order valence-electron chi connectivity index (χ3n) is 0.494. The van der Waals surface area contributed by atoms with Crippen LogP contribution in [0.3, 0.4) is 0 Å². The summed E-state index contributed by atoms with van der Waals surface area (Å²) < 4.78 is 4.05. The molecule has 4 N–H and O–H groups in total. The first kappa shape index (κ1) is 12.9. The van der Waals surface area contributed by atoms with Gasteiger partial charge in [-0.25, -0.2) is 0 Å². The molecule has 10 heteroatoms. The molecule has 0 unspecified atom stereocenters. The molecule has 0 saturated carbocycles. The van der Waals surface area contributed by atoms with Gasteiger partial charge in [0.2, 0.25) is 5.69 Å². The zero-order valence-corrected chi connectivity index (χ0v) is 10.5. The average Bonchev–Trinajstić information content (AvgIpc) is 2.12. The molecule has 0 spiro atoms. The summed E-state index contributed by atoms with van der Waals surface area (Å²) in [6, 6.07) is 0. The minimum absolute atomic E-state index is 0.625. The molecule has 0 aliphatic rings. The molecule has 0 fully saturated rings. The fourth-order valence-corrected chi connectivity index (χ4v) is 1.02. The molecule has 12 heavy (non-hydrogen) atoms. The van der Waals surface area contributed by atoms with Gasteiger partial charge in [0.15, 0.2) is 0 Å². The van der Waals surface area contributed by atoms with Crippen LogP contribution in [0, 0.1) is 8.46 Å². The van der Waals surface area contributed by atoms with Crippen molar-refractivity contribution < 1.29 is 9.79 Å². The van der Waals surface area contributed by atoms with Gasteiger partial charge < -0.3 is 9.79 Å². The van der Waals surface area contributed by atoms with Crippen LogP contribution in [0.2, 0.25) is 0 Å². The molecule has 0 aliphatic carbocycles. The normalized spacial score (nSPS) is 10.2. The van der Waals surface area contributed by atoms with Crippen molar-refractivity contribution in [3.05, 3.63) is 8.46 Å². The van der Waals surface area contributed by atoms with Gasteiger partial charge in [-0.05, 0) is 23.3 Å². The van der Waals surface area contributed by atoms with Crippen LogP contribution in [0.15, 0.2) is 0 Å². The molecule has 0 amide bonds. The van der Waals surface area contributed by atoms with E-state index in [2.05, 4.69) is 33.6 Å². The van der Waals surface area contributed by atoms with Crippen molar-refractivity contribution in [3.8, 4) is 0 Å². The molecule has 1 aromatic rings. The van der Waals surface area contributed by atoms with Crippen LogP contribution in [0.25, 0.3) is 0 Å². The first-order chi connectivity index (χ1) is 5.30. The summed E-state index contributed by atoms with van der Waals surface area (Å²) in [6.45, 7) is 0. The van der Waals surface area contributed by atoms with Crippen molar-refractivity contribution in [3.63, 3.8) is 0 Å². The van der Waals surface area contributed by atoms with Crippen LogP contribution in [0.4, 0.5) is 0 Å². The first-order valence-electron chi connectivity index (χ1n) is 2.35. The van der Waals surface area contributed by atoms with E-state index >= 15 is 0 Å². The van der Waals surface area contributed by atoms with Crippen LogP contribution in [-0.2, 0) is 11.8 Å². The Bertz CT molecular complexity index is 338. The summed E-state index contributed by atoms with van der Waals surface area (Å²) in [4.78, 5) is 15.7. The largest absolute Gasteiger partial charge is 0.338 e.